The summed E-state index contributed by atoms with van der Waals surface area (Å²) in [5.41, 5.74) is 1.50. The van der Waals surface area contributed by atoms with Crippen LogP contribution in [0.25, 0.3) is 16.9 Å². The topological polar surface area (TPSA) is 105 Å². The summed E-state index contributed by atoms with van der Waals surface area (Å²) < 4.78 is 43.2. The monoisotopic (exact) mass is 402 g/mol. The van der Waals surface area contributed by atoms with Crippen molar-refractivity contribution in [2.24, 2.45) is 0 Å². The van der Waals surface area contributed by atoms with E-state index in [1.807, 2.05) is 31.2 Å². The Morgan fingerprint density at radius 2 is 1.96 bits per heavy atom. The Bertz CT molecular complexity index is 1210. The van der Waals surface area contributed by atoms with Crippen molar-refractivity contribution in [2.45, 2.75) is 6.92 Å². The molecule has 1 saturated heterocycles. The number of carbonyl (C=O) groups is 1. The van der Waals surface area contributed by atoms with Crippen LogP contribution in [0.1, 0.15) is 5.56 Å². The molecule has 0 aliphatic carbocycles. The van der Waals surface area contributed by atoms with E-state index in [0.717, 1.165) is 11.3 Å². The van der Waals surface area contributed by atoms with Gasteiger partial charge in [0.1, 0.15) is 18.0 Å². The van der Waals surface area contributed by atoms with Gasteiger partial charge in [0.05, 0.1) is 12.0 Å². The van der Waals surface area contributed by atoms with Crippen LogP contribution >= 0.6 is 0 Å². The normalized spacial score (nSPS) is 15.6. The first-order valence-electron chi connectivity index (χ1n) is 8.23. The van der Waals surface area contributed by atoms with Gasteiger partial charge in [-0.05, 0) is 30.7 Å². The largest absolute Gasteiger partial charge is 0.506 e. The number of nitrogens with one attached hydrogen (secondary N) is 1. The van der Waals surface area contributed by atoms with Gasteiger partial charge in [0.2, 0.25) is 0 Å². The predicted octanol–water partition coefficient (Wildman–Crippen LogP) is 1.87. The number of aryl methyl sites for hydroxylation is 1. The van der Waals surface area contributed by atoms with Crippen molar-refractivity contribution in [3.05, 3.63) is 60.3 Å². The van der Waals surface area contributed by atoms with Gasteiger partial charge in [0.15, 0.2) is 5.82 Å². The van der Waals surface area contributed by atoms with Crippen LogP contribution in [0.4, 0.5) is 10.1 Å². The minimum atomic E-state index is -4.27. The number of para-hydroxylation sites is 1. The molecule has 0 bridgehead atoms. The van der Waals surface area contributed by atoms with Gasteiger partial charge in [-0.1, -0.05) is 18.2 Å². The summed E-state index contributed by atoms with van der Waals surface area (Å²) in [7, 11) is -4.27. The van der Waals surface area contributed by atoms with Gasteiger partial charge in [-0.25, -0.2) is 18.4 Å². The number of phenols is 1. The van der Waals surface area contributed by atoms with Crippen LogP contribution in [0.2, 0.25) is 0 Å². The first kappa shape index (κ1) is 18.0. The molecule has 10 heteroatoms. The molecule has 2 N–H and O–H groups in total. The number of anilines is 1. The zero-order valence-electron chi connectivity index (χ0n) is 14.6. The third kappa shape index (κ3) is 2.87. The van der Waals surface area contributed by atoms with Crippen LogP contribution in [0.15, 0.2) is 48.9 Å². The predicted molar refractivity (Wildman–Crippen MR) is 99.8 cm³/mol. The number of aromatic nitrogens is 2. The first-order valence-corrected chi connectivity index (χ1v) is 9.67. The lowest BCUT2D eigenvalue weighted by Crippen LogP contribution is -2.30. The van der Waals surface area contributed by atoms with E-state index in [4.69, 9.17) is 0 Å². The highest BCUT2D eigenvalue weighted by Gasteiger charge is 2.38. The number of carbonyl (C=O) groups excluding carboxylic acids is 1. The smallest absolute Gasteiger partial charge is 0.326 e. The molecule has 0 atom stereocenters. The number of nitrogens with zero attached hydrogens (tertiary/aromatic N) is 3. The summed E-state index contributed by atoms with van der Waals surface area (Å²) in [5.74, 6) is -2.40. The summed E-state index contributed by atoms with van der Waals surface area (Å²) in [6.45, 7) is 1.31. The van der Waals surface area contributed by atoms with Crippen LogP contribution in [-0.2, 0) is 15.0 Å². The van der Waals surface area contributed by atoms with Crippen LogP contribution in [0.3, 0.4) is 0 Å². The highest BCUT2D eigenvalue weighted by Crippen LogP contribution is 2.38. The summed E-state index contributed by atoms with van der Waals surface area (Å²) in [5, 5.41) is 10.1. The molecule has 1 aromatic heterocycles. The minimum absolute atomic E-state index is 0.00492. The Morgan fingerprint density at radius 1 is 1.21 bits per heavy atom. The van der Waals surface area contributed by atoms with Crippen molar-refractivity contribution in [2.75, 3.05) is 10.8 Å². The fourth-order valence-electron chi connectivity index (χ4n) is 3.08. The molecule has 2 aromatic carbocycles. The Kier molecular flexibility index (Phi) is 4.07. The van der Waals surface area contributed by atoms with Gasteiger partial charge < -0.3 is 9.67 Å². The van der Waals surface area contributed by atoms with Gasteiger partial charge >= 0.3 is 10.2 Å². The SMILES string of the molecule is Cc1ccccc1-n1cnc(-c2ccc(O)c(N3CC(=O)NS3(=O)=O)c2F)c1. The summed E-state index contributed by atoms with van der Waals surface area (Å²) in [4.78, 5) is 15.7. The summed E-state index contributed by atoms with van der Waals surface area (Å²) in [6.07, 6.45) is 3.12. The fraction of sp³-hybridized carbons (Fsp3) is 0.111. The number of rotatable bonds is 3. The highest BCUT2D eigenvalue weighted by molar-refractivity contribution is 7.92. The van der Waals surface area contributed by atoms with Crippen molar-refractivity contribution in [1.29, 1.82) is 0 Å². The van der Waals surface area contributed by atoms with Crippen LogP contribution < -0.4 is 9.03 Å². The van der Waals surface area contributed by atoms with E-state index in [1.54, 1.807) is 15.5 Å². The van der Waals surface area contributed by atoms with Gasteiger partial charge in [-0.3, -0.25) is 4.79 Å². The van der Waals surface area contributed by atoms with E-state index in [2.05, 4.69) is 4.98 Å². The molecule has 0 saturated carbocycles. The van der Waals surface area contributed by atoms with E-state index in [-0.39, 0.29) is 11.3 Å². The molecule has 1 aliphatic rings. The third-order valence-corrected chi connectivity index (χ3v) is 5.79. The van der Waals surface area contributed by atoms with Crippen molar-refractivity contribution in [1.82, 2.24) is 14.3 Å². The third-order valence-electron chi connectivity index (χ3n) is 4.42. The second-order valence-corrected chi connectivity index (χ2v) is 7.88. The molecule has 1 aliphatic heterocycles. The van der Waals surface area contributed by atoms with E-state index in [1.165, 1.54) is 18.5 Å². The number of phenolic OH excluding ortho intramolecular Hbond substituents is 1. The second-order valence-electron chi connectivity index (χ2n) is 6.28. The Labute approximate surface area is 160 Å². The molecular formula is C18H15FN4O4S. The Balaban J connectivity index is 1.81. The standard InChI is InChI=1S/C18H15FN4O4S/c1-11-4-2-3-5-14(11)22-8-13(20-10-22)12-6-7-15(24)18(17(12)19)23-9-16(25)21-28(23,26)27/h2-8,10,24H,9H2,1H3,(H,21,25). The fourth-order valence-corrected chi connectivity index (χ4v) is 4.25. The molecule has 144 valence electrons. The lowest BCUT2D eigenvalue weighted by Gasteiger charge is -2.18. The number of halogens is 1. The molecule has 0 radical (unpaired) electrons. The van der Waals surface area contributed by atoms with Crippen molar-refractivity contribution in [3.8, 4) is 22.7 Å². The molecule has 4 rings (SSSR count). The van der Waals surface area contributed by atoms with Crippen molar-refractivity contribution >= 4 is 21.8 Å². The van der Waals surface area contributed by atoms with Crippen LogP contribution in [-0.4, -0.2) is 35.5 Å². The molecule has 0 unspecified atom stereocenters. The van der Waals surface area contributed by atoms with E-state index >= 15 is 4.39 Å². The van der Waals surface area contributed by atoms with Gasteiger partial charge in [-0.2, -0.15) is 8.42 Å². The molecule has 1 fully saturated rings. The van der Waals surface area contributed by atoms with E-state index in [9.17, 15) is 18.3 Å². The number of amides is 1. The maximum Gasteiger partial charge on any atom is 0.326 e. The highest BCUT2D eigenvalue weighted by atomic mass is 32.2. The average molecular weight is 402 g/mol. The minimum Gasteiger partial charge on any atom is -0.506 e. The average Bonchev–Trinajstić information content (AvgIpc) is 3.20. The molecule has 1 amide bonds. The van der Waals surface area contributed by atoms with Gasteiger partial charge in [-0.15, -0.1) is 0 Å². The number of benzene rings is 2. The number of hydrogen-bond acceptors (Lipinski definition) is 5. The Hall–Kier alpha value is -3.40. The van der Waals surface area contributed by atoms with Gasteiger partial charge in [0.25, 0.3) is 5.91 Å². The lowest BCUT2D eigenvalue weighted by atomic mass is 10.1. The van der Waals surface area contributed by atoms with E-state index < -0.39 is 39.9 Å². The number of hydrogen-bond donors (Lipinski definition) is 2. The Morgan fingerprint density at radius 3 is 2.64 bits per heavy atom. The van der Waals surface area contributed by atoms with Gasteiger partial charge in [0, 0.05) is 17.4 Å². The maximum atomic E-state index is 15.2. The number of aromatic hydroxyl groups is 1. The molecule has 8 nitrogen and oxygen atoms in total. The molecule has 28 heavy (non-hydrogen) atoms. The molecule has 2 heterocycles. The summed E-state index contributed by atoms with van der Waals surface area (Å²) in [6, 6.07) is 10.0. The zero-order valence-corrected chi connectivity index (χ0v) is 15.4. The quantitative estimate of drug-likeness (QED) is 0.696. The van der Waals surface area contributed by atoms with Crippen LogP contribution in [0.5, 0.6) is 5.75 Å². The molecule has 0 spiro atoms. The van der Waals surface area contributed by atoms with E-state index in [0.29, 0.717) is 4.31 Å². The maximum absolute atomic E-state index is 15.2. The zero-order chi connectivity index (χ0) is 20.1. The molecular weight excluding hydrogens is 387 g/mol. The summed E-state index contributed by atoms with van der Waals surface area (Å²) >= 11 is 0. The van der Waals surface area contributed by atoms with Crippen molar-refractivity contribution in [3.63, 3.8) is 0 Å². The van der Waals surface area contributed by atoms with Crippen molar-refractivity contribution < 1.29 is 22.7 Å². The van der Waals surface area contributed by atoms with Crippen LogP contribution in [0, 0.1) is 12.7 Å². The first-order chi connectivity index (χ1) is 13.3. The number of imidazole rings is 1. The second kappa shape index (κ2) is 6.34. The molecule has 3 aromatic rings. The lowest BCUT2D eigenvalue weighted by molar-refractivity contribution is -0.117.